The molecule has 0 aromatic rings. The summed E-state index contributed by atoms with van der Waals surface area (Å²) in [7, 11) is 6.11. The third kappa shape index (κ3) is 10.7. The molecule has 6 nitrogen and oxygen atoms in total. The molecule has 1 aliphatic carbocycles. The quantitative estimate of drug-likeness (QED) is 0.203. The lowest BCUT2D eigenvalue weighted by atomic mass is 10.3. The average Bonchev–Trinajstić information content (AvgIpc) is 3.36. The van der Waals surface area contributed by atoms with Gasteiger partial charge in [0.15, 0.2) is 5.96 Å². The van der Waals surface area contributed by atoms with Crippen LogP contribution in [0.2, 0.25) is 0 Å². The minimum atomic E-state index is 0. The van der Waals surface area contributed by atoms with Gasteiger partial charge in [-0.05, 0) is 47.2 Å². The van der Waals surface area contributed by atoms with Crippen LogP contribution in [-0.4, -0.2) is 88.4 Å². The maximum Gasteiger partial charge on any atom is 0.191 e. The maximum absolute atomic E-state index is 5.09. The maximum atomic E-state index is 5.09. The Labute approximate surface area is 165 Å². The minimum Gasteiger partial charge on any atom is -0.385 e. The summed E-state index contributed by atoms with van der Waals surface area (Å²) in [4.78, 5) is 9.50. The first-order chi connectivity index (χ1) is 11.1. The zero-order valence-corrected chi connectivity index (χ0v) is 18.5. The third-order valence-corrected chi connectivity index (χ3v) is 4.35. The molecule has 144 valence electrons. The highest BCUT2D eigenvalue weighted by molar-refractivity contribution is 14.0. The largest absolute Gasteiger partial charge is 0.385 e. The SMILES string of the molecule is CCNC(=NCC(C)N(C)C1CC1)NCCN(C)CCCOC.I. The Kier molecular flexibility index (Phi) is 14.0. The summed E-state index contributed by atoms with van der Waals surface area (Å²) in [5, 5.41) is 6.76. The Morgan fingerprint density at radius 3 is 2.54 bits per heavy atom. The lowest BCUT2D eigenvalue weighted by Gasteiger charge is -2.23. The molecule has 0 bridgehead atoms. The predicted octanol–water partition coefficient (Wildman–Crippen LogP) is 1.61. The van der Waals surface area contributed by atoms with Gasteiger partial charge in [-0.3, -0.25) is 9.89 Å². The number of methoxy groups -OCH3 is 1. The van der Waals surface area contributed by atoms with Crippen molar-refractivity contribution >= 4 is 29.9 Å². The van der Waals surface area contributed by atoms with Crippen molar-refractivity contribution in [1.29, 1.82) is 0 Å². The van der Waals surface area contributed by atoms with Crippen LogP contribution < -0.4 is 10.6 Å². The van der Waals surface area contributed by atoms with E-state index in [0.29, 0.717) is 6.04 Å². The zero-order valence-electron chi connectivity index (χ0n) is 16.2. The highest BCUT2D eigenvalue weighted by Crippen LogP contribution is 2.26. The Hall–Kier alpha value is -0.120. The molecule has 0 aromatic heterocycles. The Balaban J connectivity index is 0.00000529. The van der Waals surface area contributed by atoms with Crippen LogP contribution in [0.5, 0.6) is 0 Å². The van der Waals surface area contributed by atoms with Gasteiger partial charge < -0.3 is 20.3 Å². The summed E-state index contributed by atoms with van der Waals surface area (Å²) in [6.07, 6.45) is 3.77. The fraction of sp³-hybridized carbons (Fsp3) is 0.941. The van der Waals surface area contributed by atoms with Gasteiger partial charge in [-0.2, -0.15) is 0 Å². The Morgan fingerprint density at radius 2 is 1.96 bits per heavy atom. The highest BCUT2D eigenvalue weighted by atomic mass is 127. The molecule has 0 amide bonds. The summed E-state index contributed by atoms with van der Waals surface area (Å²) in [5.41, 5.74) is 0. The van der Waals surface area contributed by atoms with Crippen LogP contribution in [-0.2, 0) is 4.74 Å². The van der Waals surface area contributed by atoms with Crippen molar-refractivity contribution in [2.75, 3.05) is 60.5 Å². The van der Waals surface area contributed by atoms with Crippen molar-refractivity contribution in [3.63, 3.8) is 0 Å². The first-order valence-electron chi connectivity index (χ1n) is 9.00. The van der Waals surface area contributed by atoms with Crippen LogP contribution in [0.15, 0.2) is 4.99 Å². The normalized spacial score (nSPS) is 16.2. The smallest absolute Gasteiger partial charge is 0.191 e. The summed E-state index contributed by atoms with van der Waals surface area (Å²) in [6.45, 7) is 9.89. The number of nitrogens with one attached hydrogen (secondary N) is 2. The van der Waals surface area contributed by atoms with Gasteiger partial charge in [0.05, 0.1) is 6.54 Å². The Morgan fingerprint density at radius 1 is 1.25 bits per heavy atom. The van der Waals surface area contributed by atoms with E-state index in [2.05, 4.69) is 48.4 Å². The number of halogens is 1. The van der Waals surface area contributed by atoms with E-state index >= 15 is 0 Å². The molecule has 1 rings (SSSR count). The van der Waals surface area contributed by atoms with Gasteiger partial charge in [0.1, 0.15) is 0 Å². The number of hydrogen-bond donors (Lipinski definition) is 2. The van der Waals surface area contributed by atoms with Gasteiger partial charge in [0.25, 0.3) is 0 Å². The lowest BCUT2D eigenvalue weighted by molar-refractivity contribution is 0.180. The molecule has 0 aliphatic heterocycles. The zero-order chi connectivity index (χ0) is 17.1. The van der Waals surface area contributed by atoms with Crippen LogP contribution in [0.25, 0.3) is 0 Å². The van der Waals surface area contributed by atoms with Crippen molar-refractivity contribution < 1.29 is 4.74 Å². The molecule has 0 aromatic carbocycles. The van der Waals surface area contributed by atoms with Crippen molar-refractivity contribution in [3.05, 3.63) is 0 Å². The van der Waals surface area contributed by atoms with Crippen LogP contribution in [0.4, 0.5) is 0 Å². The van der Waals surface area contributed by atoms with Gasteiger partial charge in [-0.1, -0.05) is 0 Å². The fourth-order valence-electron chi connectivity index (χ4n) is 2.49. The topological polar surface area (TPSA) is 52.1 Å². The molecule has 0 heterocycles. The van der Waals surface area contributed by atoms with Gasteiger partial charge >= 0.3 is 0 Å². The van der Waals surface area contributed by atoms with Crippen LogP contribution in [0, 0.1) is 0 Å². The molecule has 2 N–H and O–H groups in total. The lowest BCUT2D eigenvalue weighted by Crippen LogP contribution is -2.42. The van der Waals surface area contributed by atoms with E-state index in [1.165, 1.54) is 12.8 Å². The van der Waals surface area contributed by atoms with Gasteiger partial charge in [-0.25, -0.2) is 0 Å². The molecule has 0 radical (unpaired) electrons. The second-order valence-corrected chi connectivity index (χ2v) is 6.54. The van der Waals surface area contributed by atoms with E-state index in [1.807, 2.05) is 0 Å². The summed E-state index contributed by atoms with van der Waals surface area (Å²) >= 11 is 0. The molecular weight excluding hydrogens is 417 g/mol. The Bertz CT molecular complexity index is 339. The van der Waals surface area contributed by atoms with Crippen molar-refractivity contribution in [2.24, 2.45) is 4.99 Å². The van der Waals surface area contributed by atoms with E-state index in [9.17, 15) is 0 Å². The van der Waals surface area contributed by atoms with E-state index in [-0.39, 0.29) is 24.0 Å². The second kappa shape index (κ2) is 14.1. The van der Waals surface area contributed by atoms with Crippen LogP contribution in [0.1, 0.15) is 33.1 Å². The monoisotopic (exact) mass is 455 g/mol. The fourth-order valence-corrected chi connectivity index (χ4v) is 2.49. The van der Waals surface area contributed by atoms with Crippen molar-refractivity contribution in [3.8, 4) is 0 Å². The molecule has 1 fully saturated rings. The number of rotatable bonds is 12. The molecule has 24 heavy (non-hydrogen) atoms. The second-order valence-electron chi connectivity index (χ2n) is 6.54. The van der Waals surface area contributed by atoms with E-state index < -0.39 is 0 Å². The van der Waals surface area contributed by atoms with E-state index in [0.717, 1.165) is 57.8 Å². The average molecular weight is 455 g/mol. The van der Waals surface area contributed by atoms with E-state index in [1.54, 1.807) is 7.11 Å². The first-order valence-corrected chi connectivity index (χ1v) is 9.00. The summed E-state index contributed by atoms with van der Waals surface area (Å²) in [6, 6.07) is 1.28. The third-order valence-electron chi connectivity index (χ3n) is 4.35. The van der Waals surface area contributed by atoms with Gasteiger partial charge in [0, 0.05) is 52.0 Å². The number of aliphatic imine (C=N–C) groups is 1. The van der Waals surface area contributed by atoms with Crippen molar-refractivity contribution in [1.82, 2.24) is 20.4 Å². The molecule has 1 aliphatic rings. The number of guanidine groups is 1. The number of nitrogens with zero attached hydrogens (tertiary/aromatic N) is 3. The molecule has 1 saturated carbocycles. The molecule has 7 heteroatoms. The number of hydrogen-bond acceptors (Lipinski definition) is 4. The van der Waals surface area contributed by atoms with Gasteiger partial charge in [0.2, 0.25) is 0 Å². The van der Waals surface area contributed by atoms with Gasteiger partial charge in [-0.15, -0.1) is 24.0 Å². The minimum absolute atomic E-state index is 0. The molecule has 0 saturated heterocycles. The standard InChI is InChI=1S/C17H37N5O.HI/c1-6-18-17(19-10-12-21(3)11-7-13-23-5)20-14-15(2)22(4)16-8-9-16;/h15-16H,6-14H2,1-5H3,(H2,18,19,20);1H. The summed E-state index contributed by atoms with van der Waals surface area (Å²) < 4.78 is 5.09. The molecular formula is C17H38IN5O. The first kappa shape index (κ1) is 23.9. The molecule has 1 unspecified atom stereocenters. The predicted molar refractivity (Wildman–Crippen MR) is 114 cm³/mol. The van der Waals surface area contributed by atoms with Crippen LogP contribution in [0.3, 0.4) is 0 Å². The summed E-state index contributed by atoms with van der Waals surface area (Å²) in [5.74, 6) is 0.925. The van der Waals surface area contributed by atoms with E-state index in [4.69, 9.17) is 9.73 Å². The van der Waals surface area contributed by atoms with Crippen LogP contribution >= 0.6 is 24.0 Å². The molecule has 1 atom stereocenters. The number of likely N-dealkylation sites (N-methyl/N-ethyl adjacent to an activating group) is 2. The number of ether oxygens (including phenoxy) is 1. The highest BCUT2D eigenvalue weighted by Gasteiger charge is 2.28. The van der Waals surface area contributed by atoms with Crippen molar-refractivity contribution in [2.45, 2.75) is 45.2 Å². The molecule has 0 spiro atoms.